The zero-order valence-corrected chi connectivity index (χ0v) is 13.2. The van der Waals surface area contributed by atoms with Crippen LogP contribution in [-0.4, -0.2) is 42.2 Å². The maximum Gasteiger partial charge on any atom is 0.317 e. The van der Waals surface area contributed by atoms with E-state index in [4.69, 9.17) is 5.11 Å². The van der Waals surface area contributed by atoms with Crippen LogP contribution in [-0.2, 0) is 4.79 Å². The monoisotopic (exact) mass is 341 g/mol. The van der Waals surface area contributed by atoms with Crippen molar-refractivity contribution in [1.82, 2.24) is 10.3 Å². The van der Waals surface area contributed by atoms with Gasteiger partial charge in [0.2, 0.25) is 0 Å². The van der Waals surface area contributed by atoms with Crippen LogP contribution >= 0.6 is 15.9 Å². The van der Waals surface area contributed by atoms with Crippen molar-refractivity contribution >= 4 is 27.7 Å². The molecule has 2 heterocycles. The van der Waals surface area contributed by atoms with Crippen molar-refractivity contribution in [2.24, 2.45) is 5.92 Å². The van der Waals surface area contributed by atoms with Crippen LogP contribution in [0.2, 0.25) is 0 Å². The number of carboxylic acids is 1. The third-order valence-electron chi connectivity index (χ3n) is 3.56. The van der Waals surface area contributed by atoms with Gasteiger partial charge in [-0.25, -0.2) is 4.98 Å². The quantitative estimate of drug-likeness (QED) is 0.857. The molecule has 1 fully saturated rings. The zero-order chi connectivity index (χ0) is 14.5. The smallest absolute Gasteiger partial charge is 0.317 e. The van der Waals surface area contributed by atoms with E-state index in [0.717, 1.165) is 48.5 Å². The van der Waals surface area contributed by atoms with Crippen LogP contribution < -0.4 is 10.2 Å². The molecule has 0 aromatic carbocycles. The van der Waals surface area contributed by atoms with Crippen molar-refractivity contribution in [3.05, 3.63) is 22.3 Å². The highest BCUT2D eigenvalue weighted by molar-refractivity contribution is 9.10. The second-order valence-electron chi connectivity index (χ2n) is 5.22. The van der Waals surface area contributed by atoms with E-state index in [-0.39, 0.29) is 6.54 Å². The fraction of sp³-hybridized carbons (Fsp3) is 0.571. The minimum absolute atomic E-state index is 0.0339. The summed E-state index contributed by atoms with van der Waals surface area (Å²) in [6.45, 7) is 4.72. The van der Waals surface area contributed by atoms with E-state index in [0.29, 0.717) is 5.92 Å². The van der Waals surface area contributed by atoms with E-state index in [1.165, 1.54) is 0 Å². The maximum atomic E-state index is 10.5. The van der Waals surface area contributed by atoms with Gasteiger partial charge in [-0.05, 0) is 53.7 Å². The summed E-state index contributed by atoms with van der Waals surface area (Å²) in [6, 6.07) is 4.06. The number of anilines is 1. The lowest BCUT2D eigenvalue weighted by Gasteiger charge is -2.33. The number of piperidine rings is 1. The summed E-state index contributed by atoms with van der Waals surface area (Å²) < 4.78 is 1.03. The number of hydrogen-bond donors (Lipinski definition) is 2. The number of rotatable bonds is 5. The molecule has 0 saturated carbocycles. The fourth-order valence-corrected chi connectivity index (χ4v) is 2.75. The molecule has 1 aliphatic heterocycles. The highest BCUT2D eigenvalue weighted by Crippen LogP contribution is 2.24. The van der Waals surface area contributed by atoms with Crippen molar-refractivity contribution in [2.45, 2.75) is 19.8 Å². The van der Waals surface area contributed by atoms with E-state index in [1.807, 2.05) is 19.1 Å². The number of aryl methyl sites for hydroxylation is 1. The average molecular weight is 342 g/mol. The number of hydrogen-bond acceptors (Lipinski definition) is 4. The summed E-state index contributed by atoms with van der Waals surface area (Å²) in [6.07, 6.45) is 2.26. The fourth-order valence-electron chi connectivity index (χ4n) is 2.53. The molecule has 2 rings (SSSR count). The number of carbonyl (C=O) groups is 1. The van der Waals surface area contributed by atoms with Crippen molar-refractivity contribution in [3.8, 4) is 0 Å². The van der Waals surface area contributed by atoms with Gasteiger partial charge in [0.15, 0.2) is 0 Å². The molecule has 1 aliphatic rings. The Hall–Kier alpha value is -1.14. The number of aliphatic carboxylic acids is 1. The van der Waals surface area contributed by atoms with Crippen LogP contribution in [0.3, 0.4) is 0 Å². The molecule has 1 saturated heterocycles. The van der Waals surface area contributed by atoms with Crippen LogP contribution in [0.4, 0.5) is 5.82 Å². The van der Waals surface area contributed by atoms with Gasteiger partial charge in [0.25, 0.3) is 0 Å². The molecule has 0 amide bonds. The van der Waals surface area contributed by atoms with E-state index in [1.54, 1.807) is 0 Å². The van der Waals surface area contributed by atoms with Crippen molar-refractivity contribution in [3.63, 3.8) is 0 Å². The summed E-state index contributed by atoms with van der Waals surface area (Å²) >= 11 is 3.47. The second-order valence-corrected chi connectivity index (χ2v) is 6.07. The molecule has 1 atom stereocenters. The van der Waals surface area contributed by atoms with Gasteiger partial charge in [-0.1, -0.05) is 0 Å². The molecule has 1 aromatic heterocycles. The molecular formula is C14H20BrN3O2. The number of carboxylic acid groups (broad SMARTS) is 1. The summed E-state index contributed by atoms with van der Waals surface area (Å²) in [5.41, 5.74) is 0.994. The third-order valence-corrected chi connectivity index (χ3v) is 4.40. The molecule has 1 aromatic rings. The van der Waals surface area contributed by atoms with E-state index in [9.17, 15) is 4.79 Å². The van der Waals surface area contributed by atoms with Crippen LogP contribution in [0.1, 0.15) is 18.5 Å². The van der Waals surface area contributed by atoms with Crippen LogP contribution in [0.15, 0.2) is 16.6 Å². The second kappa shape index (κ2) is 7.04. The Morgan fingerprint density at radius 3 is 3.10 bits per heavy atom. The Labute approximate surface area is 127 Å². The van der Waals surface area contributed by atoms with E-state index >= 15 is 0 Å². The van der Waals surface area contributed by atoms with Gasteiger partial charge < -0.3 is 15.3 Å². The maximum absolute atomic E-state index is 10.5. The topological polar surface area (TPSA) is 65.5 Å². The summed E-state index contributed by atoms with van der Waals surface area (Å²) in [5.74, 6) is 0.686. The predicted molar refractivity (Wildman–Crippen MR) is 82.1 cm³/mol. The highest BCUT2D eigenvalue weighted by Gasteiger charge is 2.21. The molecule has 6 heteroatoms. The molecule has 110 valence electrons. The number of pyridine rings is 1. The van der Waals surface area contributed by atoms with Gasteiger partial charge in [0.05, 0.1) is 12.2 Å². The number of halogens is 1. The number of nitrogens with zero attached hydrogens (tertiary/aromatic N) is 2. The van der Waals surface area contributed by atoms with Gasteiger partial charge >= 0.3 is 5.97 Å². The van der Waals surface area contributed by atoms with Gasteiger partial charge in [-0.3, -0.25) is 4.79 Å². The lowest BCUT2D eigenvalue weighted by molar-refractivity contribution is -0.136. The summed E-state index contributed by atoms with van der Waals surface area (Å²) in [7, 11) is 0. The SMILES string of the molecule is Cc1nc(N2CCCC(CNCC(=O)O)C2)ccc1Br. The molecule has 0 radical (unpaired) electrons. The van der Waals surface area contributed by atoms with Gasteiger partial charge in [-0.2, -0.15) is 0 Å². The molecule has 0 spiro atoms. The summed E-state index contributed by atoms with van der Waals surface area (Å²) in [5, 5.41) is 11.6. The van der Waals surface area contributed by atoms with Crippen LogP contribution in [0, 0.1) is 12.8 Å². The first kappa shape index (κ1) is 15.3. The molecule has 5 nitrogen and oxygen atoms in total. The van der Waals surface area contributed by atoms with Crippen LogP contribution in [0.5, 0.6) is 0 Å². The summed E-state index contributed by atoms with van der Waals surface area (Å²) in [4.78, 5) is 17.4. The van der Waals surface area contributed by atoms with E-state index in [2.05, 4.69) is 31.1 Å². The van der Waals surface area contributed by atoms with E-state index < -0.39 is 5.97 Å². The Morgan fingerprint density at radius 2 is 2.40 bits per heavy atom. The minimum atomic E-state index is -0.803. The molecular weight excluding hydrogens is 322 g/mol. The van der Waals surface area contributed by atoms with Crippen molar-refractivity contribution in [1.29, 1.82) is 0 Å². The first-order chi connectivity index (χ1) is 9.56. The Balaban J connectivity index is 1.92. The normalized spacial score (nSPS) is 19.1. The van der Waals surface area contributed by atoms with Gasteiger partial charge in [-0.15, -0.1) is 0 Å². The standard InChI is InChI=1S/C14H20BrN3O2/c1-10-12(15)4-5-13(17-10)18-6-2-3-11(9-18)7-16-8-14(19)20/h4-5,11,16H,2-3,6-9H2,1H3,(H,19,20). The van der Waals surface area contributed by atoms with Crippen LogP contribution in [0.25, 0.3) is 0 Å². The van der Waals surface area contributed by atoms with Gasteiger partial charge in [0.1, 0.15) is 5.82 Å². The average Bonchev–Trinajstić information content (AvgIpc) is 2.42. The molecule has 20 heavy (non-hydrogen) atoms. The molecule has 0 bridgehead atoms. The first-order valence-corrected chi connectivity index (χ1v) is 7.66. The third kappa shape index (κ3) is 4.18. The number of nitrogens with one attached hydrogen (secondary N) is 1. The lowest BCUT2D eigenvalue weighted by Crippen LogP contribution is -2.41. The molecule has 2 N–H and O–H groups in total. The largest absolute Gasteiger partial charge is 0.480 e. The first-order valence-electron chi connectivity index (χ1n) is 6.87. The Bertz CT molecular complexity index is 481. The predicted octanol–water partition coefficient (Wildman–Crippen LogP) is 2.04. The molecule has 1 unspecified atom stereocenters. The Kier molecular flexibility index (Phi) is 5.37. The van der Waals surface area contributed by atoms with Crippen molar-refractivity contribution in [2.75, 3.05) is 31.1 Å². The van der Waals surface area contributed by atoms with Crippen molar-refractivity contribution < 1.29 is 9.90 Å². The minimum Gasteiger partial charge on any atom is -0.480 e. The van der Waals surface area contributed by atoms with Gasteiger partial charge in [0, 0.05) is 24.1 Å². The zero-order valence-electron chi connectivity index (χ0n) is 11.6. The Morgan fingerprint density at radius 1 is 1.60 bits per heavy atom. The molecule has 0 aliphatic carbocycles. The highest BCUT2D eigenvalue weighted by atomic mass is 79.9. The lowest BCUT2D eigenvalue weighted by atomic mass is 9.98. The number of aromatic nitrogens is 1.